The summed E-state index contributed by atoms with van der Waals surface area (Å²) in [4.78, 5) is 28.8. The number of piperazine rings is 1. The van der Waals surface area contributed by atoms with Gasteiger partial charge in [0.25, 0.3) is 0 Å². The molecule has 4 rings (SSSR count). The fraction of sp³-hybridized carbons (Fsp3) is 0.560. The van der Waals surface area contributed by atoms with E-state index >= 15 is 0 Å². The van der Waals surface area contributed by atoms with Crippen LogP contribution in [-0.4, -0.2) is 84.7 Å². The third-order valence-electron chi connectivity index (χ3n) is 6.19. The third-order valence-corrected chi connectivity index (χ3v) is 6.19. The number of nitrogens with one attached hydrogen (secondary N) is 1. The lowest BCUT2D eigenvalue weighted by Crippen LogP contribution is -2.49. The molecule has 1 N–H and O–H groups in total. The largest absolute Gasteiger partial charge is 0.379 e. The van der Waals surface area contributed by atoms with Crippen LogP contribution in [0.4, 0.5) is 11.5 Å². The van der Waals surface area contributed by atoms with Crippen molar-refractivity contribution in [3.05, 3.63) is 47.4 Å². The second kappa shape index (κ2) is 11.0. The molecule has 1 aromatic carbocycles. The lowest BCUT2D eigenvalue weighted by molar-refractivity contribution is -0.117. The molecule has 2 aliphatic heterocycles. The summed E-state index contributed by atoms with van der Waals surface area (Å²) in [5.41, 5.74) is 3.11. The number of aromatic nitrogens is 2. The SMILES string of the molecule is Cc1cc(N2CCN(CC(=O)Nc3ccc(CN4CCOCC4)cc3)CC2)nc(C(C)C)n1. The van der Waals surface area contributed by atoms with Gasteiger partial charge in [-0.3, -0.25) is 14.6 Å². The molecule has 2 saturated heterocycles. The van der Waals surface area contributed by atoms with E-state index in [2.05, 4.69) is 57.0 Å². The van der Waals surface area contributed by atoms with E-state index in [4.69, 9.17) is 9.72 Å². The first-order chi connectivity index (χ1) is 16.0. The number of aryl methyl sites for hydroxylation is 1. The maximum Gasteiger partial charge on any atom is 0.238 e. The number of hydrogen-bond donors (Lipinski definition) is 1. The van der Waals surface area contributed by atoms with Crippen LogP contribution in [0.3, 0.4) is 0 Å². The molecular formula is C25H36N6O2. The van der Waals surface area contributed by atoms with Crippen LogP contribution in [0, 0.1) is 6.92 Å². The minimum Gasteiger partial charge on any atom is -0.379 e. The average molecular weight is 453 g/mol. The van der Waals surface area contributed by atoms with Gasteiger partial charge in [0.15, 0.2) is 0 Å². The molecule has 178 valence electrons. The maximum absolute atomic E-state index is 12.6. The van der Waals surface area contributed by atoms with Crippen molar-refractivity contribution in [1.82, 2.24) is 19.8 Å². The molecule has 2 aromatic rings. The number of carbonyl (C=O) groups excluding carboxylic acids is 1. The van der Waals surface area contributed by atoms with Crippen molar-refractivity contribution in [2.45, 2.75) is 33.2 Å². The fourth-order valence-electron chi connectivity index (χ4n) is 4.24. The van der Waals surface area contributed by atoms with Gasteiger partial charge in [-0.1, -0.05) is 26.0 Å². The molecule has 0 saturated carbocycles. The number of anilines is 2. The number of ether oxygens (including phenoxy) is 1. The fourth-order valence-corrected chi connectivity index (χ4v) is 4.24. The van der Waals surface area contributed by atoms with E-state index in [1.54, 1.807) is 0 Å². The Morgan fingerprint density at radius 1 is 1.00 bits per heavy atom. The molecule has 8 nitrogen and oxygen atoms in total. The average Bonchev–Trinajstić information content (AvgIpc) is 2.81. The molecule has 0 bridgehead atoms. The van der Waals surface area contributed by atoms with Gasteiger partial charge in [-0.05, 0) is 24.6 Å². The first-order valence-electron chi connectivity index (χ1n) is 12.0. The first kappa shape index (κ1) is 23.6. The molecule has 0 aliphatic carbocycles. The van der Waals surface area contributed by atoms with E-state index in [9.17, 15) is 4.79 Å². The number of morpholine rings is 1. The zero-order chi connectivity index (χ0) is 23.2. The van der Waals surface area contributed by atoms with Gasteiger partial charge >= 0.3 is 0 Å². The summed E-state index contributed by atoms with van der Waals surface area (Å²) in [7, 11) is 0. The van der Waals surface area contributed by atoms with Gasteiger partial charge in [0.1, 0.15) is 11.6 Å². The van der Waals surface area contributed by atoms with Gasteiger partial charge in [0, 0.05) is 69.2 Å². The molecule has 33 heavy (non-hydrogen) atoms. The maximum atomic E-state index is 12.6. The van der Waals surface area contributed by atoms with Crippen molar-refractivity contribution >= 4 is 17.4 Å². The summed E-state index contributed by atoms with van der Waals surface area (Å²) in [6.07, 6.45) is 0. The lowest BCUT2D eigenvalue weighted by atomic mass is 10.2. The van der Waals surface area contributed by atoms with Crippen LogP contribution in [0.1, 0.15) is 36.8 Å². The predicted molar refractivity (Wildman–Crippen MR) is 131 cm³/mol. The zero-order valence-electron chi connectivity index (χ0n) is 20.1. The highest BCUT2D eigenvalue weighted by molar-refractivity contribution is 5.92. The highest BCUT2D eigenvalue weighted by Crippen LogP contribution is 2.19. The van der Waals surface area contributed by atoms with Crippen LogP contribution in [0.25, 0.3) is 0 Å². The van der Waals surface area contributed by atoms with Crippen LogP contribution < -0.4 is 10.2 Å². The number of carbonyl (C=O) groups is 1. The monoisotopic (exact) mass is 452 g/mol. The summed E-state index contributed by atoms with van der Waals surface area (Å²) in [6, 6.07) is 10.2. The van der Waals surface area contributed by atoms with E-state index in [1.165, 1.54) is 5.56 Å². The van der Waals surface area contributed by atoms with Crippen LogP contribution in [0.2, 0.25) is 0 Å². The Morgan fingerprint density at radius 3 is 2.36 bits per heavy atom. The summed E-state index contributed by atoms with van der Waals surface area (Å²) in [5.74, 6) is 2.22. The highest BCUT2D eigenvalue weighted by Gasteiger charge is 2.21. The molecule has 8 heteroatoms. The van der Waals surface area contributed by atoms with E-state index in [0.29, 0.717) is 12.5 Å². The Morgan fingerprint density at radius 2 is 1.70 bits per heavy atom. The van der Waals surface area contributed by atoms with Crippen LogP contribution in [-0.2, 0) is 16.1 Å². The molecule has 3 heterocycles. The topological polar surface area (TPSA) is 73.8 Å². The molecule has 2 aliphatic rings. The number of nitrogens with zero attached hydrogens (tertiary/aromatic N) is 5. The molecule has 0 atom stereocenters. The van der Waals surface area contributed by atoms with Crippen molar-refractivity contribution in [3.63, 3.8) is 0 Å². The standard InChI is InChI=1S/C25H36N6O2/c1-19(2)25-26-20(3)16-23(28-25)31-10-8-29(9-11-31)18-24(32)27-22-6-4-21(5-7-22)17-30-12-14-33-15-13-30/h4-7,16,19H,8-15,17-18H2,1-3H3,(H,27,32). The molecule has 0 unspecified atom stereocenters. The van der Waals surface area contributed by atoms with Gasteiger partial charge in [-0.2, -0.15) is 0 Å². The van der Waals surface area contributed by atoms with Crippen molar-refractivity contribution in [1.29, 1.82) is 0 Å². The van der Waals surface area contributed by atoms with Gasteiger partial charge in [-0.25, -0.2) is 9.97 Å². The Hall–Kier alpha value is -2.55. The van der Waals surface area contributed by atoms with E-state index in [1.807, 2.05) is 19.1 Å². The molecule has 1 aromatic heterocycles. The molecular weight excluding hydrogens is 416 g/mol. The highest BCUT2D eigenvalue weighted by atomic mass is 16.5. The summed E-state index contributed by atoms with van der Waals surface area (Å²) in [6.45, 7) is 14.5. The second-order valence-electron chi connectivity index (χ2n) is 9.28. The number of hydrogen-bond acceptors (Lipinski definition) is 7. The lowest BCUT2D eigenvalue weighted by Gasteiger charge is -2.35. The Kier molecular flexibility index (Phi) is 7.90. The van der Waals surface area contributed by atoms with Crippen molar-refractivity contribution in [3.8, 4) is 0 Å². The number of rotatable bonds is 7. The van der Waals surface area contributed by atoms with Crippen molar-refractivity contribution in [2.75, 3.05) is 69.2 Å². The van der Waals surface area contributed by atoms with Gasteiger partial charge in [0.05, 0.1) is 19.8 Å². The van der Waals surface area contributed by atoms with Crippen LogP contribution in [0.5, 0.6) is 0 Å². The minimum atomic E-state index is 0.0318. The molecule has 0 spiro atoms. The van der Waals surface area contributed by atoms with Gasteiger partial charge < -0.3 is 15.0 Å². The predicted octanol–water partition coefficient (Wildman–Crippen LogP) is 2.50. The van der Waals surface area contributed by atoms with Crippen molar-refractivity contribution < 1.29 is 9.53 Å². The van der Waals surface area contributed by atoms with Gasteiger partial charge in [-0.15, -0.1) is 0 Å². The summed E-state index contributed by atoms with van der Waals surface area (Å²) in [5, 5.41) is 3.04. The number of benzene rings is 1. The quantitative estimate of drug-likeness (QED) is 0.692. The second-order valence-corrected chi connectivity index (χ2v) is 9.28. The molecule has 1 amide bonds. The molecule has 0 radical (unpaired) electrons. The smallest absolute Gasteiger partial charge is 0.238 e. The Balaban J connectivity index is 1.23. The number of amides is 1. The van der Waals surface area contributed by atoms with Crippen LogP contribution >= 0.6 is 0 Å². The summed E-state index contributed by atoms with van der Waals surface area (Å²) < 4.78 is 5.41. The van der Waals surface area contributed by atoms with Crippen molar-refractivity contribution in [2.24, 2.45) is 0 Å². The minimum absolute atomic E-state index is 0.0318. The van der Waals surface area contributed by atoms with E-state index in [0.717, 1.165) is 82.1 Å². The Labute approximate surface area is 196 Å². The van der Waals surface area contributed by atoms with E-state index in [-0.39, 0.29) is 5.91 Å². The molecule has 2 fully saturated rings. The zero-order valence-corrected chi connectivity index (χ0v) is 20.1. The van der Waals surface area contributed by atoms with E-state index < -0.39 is 0 Å². The Bertz CT molecular complexity index is 919. The normalized spacial score (nSPS) is 18.0. The van der Waals surface area contributed by atoms with Crippen LogP contribution in [0.15, 0.2) is 30.3 Å². The van der Waals surface area contributed by atoms with Gasteiger partial charge in [0.2, 0.25) is 5.91 Å². The third kappa shape index (κ3) is 6.72. The first-order valence-corrected chi connectivity index (χ1v) is 12.0. The summed E-state index contributed by atoms with van der Waals surface area (Å²) >= 11 is 0.